The molecule has 2 aliphatic heterocycles. The van der Waals surface area contributed by atoms with Gasteiger partial charge in [0.1, 0.15) is 0 Å². The number of fused-ring (bicyclic) bond motifs is 12. The largest absolute Gasteiger partial charge is 0.494 e. The quantitative estimate of drug-likeness (QED) is 0.191. The summed E-state index contributed by atoms with van der Waals surface area (Å²) in [7, 11) is -0.382. The molecule has 0 radical (unpaired) electrons. The van der Waals surface area contributed by atoms with Gasteiger partial charge in [-0.25, -0.2) is 0 Å². The molecule has 5 aromatic carbocycles. The monoisotopic (exact) mass is 549 g/mol. The molecule has 2 aromatic heterocycles. The van der Waals surface area contributed by atoms with Gasteiger partial charge in [0.25, 0.3) is 0 Å². The van der Waals surface area contributed by atoms with Crippen LogP contribution < -0.4 is 5.46 Å². The highest BCUT2D eigenvalue weighted by molar-refractivity contribution is 7.26. The zero-order valence-electron chi connectivity index (χ0n) is 23.5. The Labute approximate surface area is 243 Å². The molecule has 1 fully saturated rings. The Balaban J connectivity index is 1.38. The lowest BCUT2D eigenvalue weighted by Gasteiger charge is -2.32. The highest BCUT2D eigenvalue weighted by atomic mass is 32.1. The maximum Gasteiger partial charge on any atom is 0.494 e. The number of benzene rings is 5. The maximum atomic E-state index is 6.43. The lowest BCUT2D eigenvalue weighted by Crippen LogP contribution is -2.41. The van der Waals surface area contributed by atoms with Crippen LogP contribution in [0.4, 0.5) is 0 Å². The molecule has 0 amide bonds. The van der Waals surface area contributed by atoms with E-state index in [1.54, 1.807) is 0 Å². The van der Waals surface area contributed by atoms with Crippen molar-refractivity contribution in [2.75, 3.05) is 0 Å². The summed E-state index contributed by atoms with van der Waals surface area (Å²) in [6.07, 6.45) is 0. The summed E-state index contributed by atoms with van der Waals surface area (Å²) >= 11 is 1.88. The van der Waals surface area contributed by atoms with E-state index in [0.717, 1.165) is 5.46 Å². The van der Waals surface area contributed by atoms with E-state index < -0.39 is 0 Å². The first kappa shape index (κ1) is 23.8. The zero-order valence-corrected chi connectivity index (χ0v) is 24.3. The molecule has 0 unspecified atom stereocenters. The van der Waals surface area contributed by atoms with Crippen LogP contribution in [0.3, 0.4) is 0 Å². The first-order chi connectivity index (χ1) is 19.8. The van der Waals surface area contributed by atoms with Gasteiger partial charge in [-0.2, -0.15) is 0 Å². The minimum absolute atomic E-state index is 0.373. The van der Waals surface area contributed by atoms with E-state index in [4.69, 9.17) is 9.31 Å². The van der Waals surface area contributed by atoms with Crippen LogP contribution in [-0.2, 0) is 9.31 Å². The molecule has 0 atom stereocenters. The van der Waals surface area contributed by atoms with Crippen LogP contribution in [0, 0.1) is 0 Å². The van der Waals surface area contributed by atoms with E-state index in [1.807, 2.05) is 11.3 Å². The number of nitrogens with zero attached hydrogens (tertiary/aromatic N) is 1. The number of thiophene rings is 1. The number of hydrogen-bond donors (Lipinski definition) is 0. The summed E-state index contributed by atoms with van der Waals surface area (Å²) in [5, 5.41) is 5.10. The van der Waals surface area contributed by atoms with Crippen molar-refractivity contribution in [3.63, 3.8) is 0 Å². The van der Waals surface area contributed by atoms with E-state index in [9.17, 15) is 0 Å². The number of aromatic nitrogens is 1. The third kappa shape index (κ3) is 3.06. The fourth-order valence-corrected chi connectivity index (χ4v) is 8.05. The fourth-order valence-electron chi connectivity index (χ4n) is 6.83. The molecule has 41 heavy (non-hydrogen) atoms. The minimum Gasteiger partial charge on any atom is -0.399 e. The summed E-state index contributed by atoms with van der Waals surface area (Å²) < 4.78 is 18.0. The Morgan fingerprint density at radius 2 is 1.29 bits per heavy atom. The van der Waals surface area contributed by atoms with Crippen LogP contribution in [0.5, 0.6) is 0 Å². The molecule has 9 rings (SSSR count). The molecule has 0 saturated carbocycles. The van der Waals surface area contributed by atoms with Crippen molar-refractivity contribution in [1.82, 2.24) is 4.57 Å². The van der Waals surface area contributed by atoms with Gasteiger partial charge in [0.15, 0.2) is 0 Å². The summed E-state index contributed by atoms with van der Waals surface area (Å²) in [5.41, 5.74) is 9.22. The smallest absolute Gasteiger partial charge is 0.399 e. The van der Waals surface area contributed by atoms with Gasteiger partial charge in [-0.3, -0.25) is 0 Å². The second kappa shape index (κ2) is 7.89. The first-order valence-corrected chi connectivity index (χ1v) is 15.1. The number of hydrogen-bond acceptors (Lipinski definition) is 3. The Morgan fingerprint density at radius 3 is 2.10 bits per heavy atom. The molecule has 1 saturated heterocycles. The normalized spacial score (nSPS) is 16.9. The van der Waals surface area contributed by atoms with E-state index >= 15 is 0 Å². The average molecular weight is 550 g/mol. The van der Waals surface area contributed by atoms with Gasteiger partial charge in [0.2, 0.25) is 0 Å². The predicted molar refractivity (Wildman–Crippen MR) is 174 cm³/mol. The molecular formula is C36H28BNO2S. The van der Waals surface area contributed by atoms with Crippen molar-refractivity contribution in [2.45, 2.75) is 38.9 Å². The van der Waals surface area contributed by atoms with Gasteiger partial charge in [0, 0.05) is 37.4 Å². The number of rotatable bonds is 1. The molecule has 0 N–H and O–H groups in total. The molecule has 3 nitrogen and oxygen atoms in total. The highest BCUT2D eigenvalue weighted by Gasteiger charge is 2.51. The first-order valence-electron chi connectivity index (χ1n) is 14.3. The molecule has 5 heteroatoms. The van der Waals surface area contributed by atoms with E-state index in [2.05, 4.69) is 129 Å². The minimum atomic E-state index is -0.382. The average Bonchev–Trinajstić information content (AvgIpc) is 3.55. The lowest BCUT2D eigenvalue weighted by atomic mass is 9.78. The van der Waals surface area contributed by atoms with Crippen LogP contribution in [0.15, 0.2) is 97.1 Å². The molecule has 7 aromatic rings. The van der Waals surface area contributed by atoms with Gasteiger partial charge in [-0.15, -0.1) is 11.3 Å². The maximum absolute atomic E-state index is 6.43. The molecular weight excluding hydrogens is 521 g/mol. The van der Waals surface area contributed by atoms with Gasteiger partial charge < -0.3 is 13.9 Å². The zero-order chi connectivity index (χ0) is 27.7. The molecule has 198 valence electrons. The summed E-state index contributed by atoms with van der Waals surface area (Å²) in [4.78, 5) is 0. The summed E-state index contributed by atoms with van der Waals surface area (Å²) in [6, 6.07) is 35.8. The van der Waals surface area contributed by atoms with Gasteiger partial charge >= 0.3 is 7.12 Å². The van der Waals surface area contributed by atoms with Crippen LogP contribution in [0.25, 0.3) is 69.9 Å². The topological polar surface area (TPSA) is 23.4 Å². The van der Waals surface area contributed by atoms with E-state index in [1.165, 1.54) is 69.9 Å². The third-order valence-corrected chi connectivity index (χ3v) is 10.8. The van der Waals surface area contributed by atoms with Crippen molar-refractivity contribution in [2.24, 2.45) is 0 Å². The molecule has 2 aliphatic rings. The van der Waals surface area contributed by atoms with E-state index in [-0.39, 0.29) is 18.3 Å². The Kier molecular flexibility index (Phi) is 4.57. The van der Waals surface area contributed by atoms with Crippen molar-refractivity contribution in [3.05, 3.63) is 97.1 Å². The second-order valence-electron chi connectivity index (χ2n) is 12.4. The molecule has 4 heterocycles. The highest BCUT2D eigenvalue weighted by Crippen LogP contribution is 2.50. The predicted octanol–water partition coefficient (Wildman–Crippen LogP) is 9.10. The van der Waals surface area contributed by atoms with Gasteiger partial charge in [-0.05, 0) is 56.4 Å². The van der Waals surface area contributed by atoms with Crippen molar-refractivity contribution < 1.29 is 9.31 Å². The molecule has 0 aliphatic carbocycles. The number of para-hydroxylation sites is 2. The van der Waals surface area contributed by atoms with Crippen molar-refractivity contribution in [1.29, 1.82) is 0 Å². The second-order valence-corrected chi connectivity index (χ2v) is 13.4. The Bertz CT molecular complexity index is 2220. The fraction of sp³-hybridized carbons (Fsp3) is 0.167. The van der Waals surface area contributed by atoms with Crippen LogP contribution in [0.1, 0.15) is 27.7 Å². The lowest BCUT2D eigenvalue weighted by molar-refractivity contribution is 0.00578. The molecule has 0 spiro atoms. The Morgan fingerprint density at radius 1 is 0.610 bits per heavy atom. The Hall–Kier alpha value is -3.90. The van der Waals surface area contributed by atoms with Crippen molar-refractivity contribution >= 4 is 65.9 Å². The van der Waals surface area contributed by atoms with Gasteiger partial charge in [0.05, 0.1) is 32.6 Å². The summed E-state index contributed by atoms with van der Waals surface area (Å²) in [5.74, 6) is 0. The standard InChI is InChI=1S/C36H28BNO2S/c1-35(2)36(3,4)40-37(39-35)21-16-19-31-29(20-21)28-18-17-27-23-11-6-5-10-22(23)25-13-9-14-26-24-12-7-8-15-30(24)38(32(25)26)33(27)34(28)41-31/h5-20H,1-4H3. The summed E-state index contributed by atoms with van der Waals surface area (Å²) in [6.45, 7) is 8.44. The van der Waals surface area contributed by atoms with Crippen LogP contribution in [-0.4, -0.2) is 22.9 Å². The SMILES string of the molecule is CC1(C)OB(c2ccc3sc4c5c(ccc4c3c2)-c2ccccc2-c2cccc3c4ccccc4n-5c23)OC1(C)C. The van der Waals surface area contributed by atoms with Crippen LogP contribution in [0.2, 0.25) is 0 Å². The van der Waals surface area contributed by atoms with Crippen molar-refractivity contribution in [3.8, 4) is 27.9 Å². The van der Waals surface area contributed by atoms with E-state index in [0.29, 0.717) is 0 Å². The molecule has 0 bridgehead atoms. The van der Waals surface area contributed by atoms with Gasteiger partial charge in [-0.1, -0.05) is 84.9 Å². The third-order valence-electron chi connectivity index (χ3n) is 9.59. The van der Waals surface area contributed by atoms with Crippen LogP contribution >= 0.6 is 11.3 Å².